The number of nitrogens with zero attached hydrogens (tertiary/aromatic N) is 2. The van der Waals surface area contributed by atoms with Crippen molar-refractivity contribution in [1.29, 1.82) is 0 Å². The van der Waals surface area contributed by atoms with E-state index in [4.69, 9.17) is 4.74 Å². The molecule has 1 aliphatic heterocycles. The van der Waals surface area contributed by atoms with E-state index in [0.717, 1.165) is 11.1 Å². The van der Waals surface area contributed by atoms with E-state index in [-0.39, 0.29) is 0 Å². The lowest BCUT2D eigenvalue weighted by Gasteiger charge is -2.23. The van der Waals surface area contributed by atoms with Crippen LogP contribution in [0.25, 0.3) is 0 Å². The van der Waals surface area contributed by atoms with Gasteiger partial charge in [0.25, 0.3) is 0 Å². The van der Waals surface area contributed by atoms with Gasteiger partial charge in [0, 0.05) is 18.8 Å². The van der Waals surface area contributed by atoms with Gasteiger partial charge in [-0.25, -0.2) is 9.69 Å². The highest BCUT2D eigenvalue weighted by atomic mass is 16.6. The minimum absolute atomic E-state index is 0.421. The van der Waals surface area contributed by atoms with Gasteiger partial charge in [-0.3, -0.25) is 4.99 Å². The van der Waals surface area contributed by atoms with Crippen LogP contribution in [0.1, 0.15) is 27.7 Å². The molecule has 0 aliphatic carbocycles. The van der Waals surface area contributed by atoms with Crippen LogP contribution in [-0.4, -0.2) is 29.5 Å². The summed E-state index contributed by atoms with van der Waals surface area (Å²) in [4.78, 5) is 17.6. The number of allylic oxidation sites excluding steroid dienone is 2. The summed E-state index contributed by atoms with van der Waals surface area (Å²) >= 11 is 0. The molecule has 18 heavy (non-hydrogen) atoms. The molecule has 0 spiro atoms. The van der Waals surface area contributed by atoms with Crippen LogP contribution < -0.4 is 0 Å². The van der Waals surface area contributed by atoms with Crippen LogP contribution >= 0.6 is 0 Å². The van der Waals surface area contributed by atoms with Crippen LogP contribution in [-0.2, 0) is 4.74 Å². The SMILES string of the molecule is C=C/C=C1/C(C)=CN(C(=O)OC(C)(C)C)C1=NC. The molecule has 4 nitrogen and oxygen atoms in total. The van der Waals surface area contributed by atoms with Gasteiger partial charge in [0.05, 0.1) is 0 Å². The fourth-order valence-electron chi connectivity index (χ4n) is 1.63. The van der Waals surface area contributed by atoms with Crippen LogP contribution in [0.15, 0.2) is 41.1 Å². The molecular weight excluding hydrogens is 228 g/mol. The summed E-state index contributed by atoms with van der Waals surface area (Å²) in [5.74, 6) is 0.585. The third-order valence-electron chi connectivity index (χ3n) is 2.30. The average Bonchev–Trinajstić information content (AvgIpc) is 2.54. The molecule has 0 aromatic heterocycles. The number of carbonyl (C=O) groups excluding carboxylic acids is 1. The van der Waals surface area contributed by atoms with Gasteiger partial charge >= 0.3 is 6.09 Å². The summed E-state index contributed by atoms with van der Waals surface area (Å²) in [7, 11) is 1.65. The molecular formula is C14H20N2O2. The van der Waals surface area contributed by atoms with Crippen molar-refractivity contribution in [3.8, 4) is 0 Å². The van der Waals surface area contributed by atoms with Gasteiger partial charge in [-0.05, 0) is 33.3 Å². The highest BCUT2D eigenvalue weighted by Gasteiger charge is 2.30. The zero-order valence-corrected chi connectivity index (χ0v) is 11.7. The van der Waals surface area contributed by atoms with Gasteiger partial charge < -0.3 is 4.74 Å². The Hall–Kier alpha value is -1.84. The summed E-state index contributed by atoms with van der Waals surface area (Å²) in [6.07, 6.45) is 4.82. The van der Waals surface area contributed by atoms with E-state index in [1.165, 1.54) is 4.90 Å². The Morgan fingerprint density at radius 2 is 2.11 bits per heavy atom. The summed E-state index contributed by atoms with van der Waals surface area (Å²) < 4.78 is 5.34. The molecule has 1 amide bonds. The molecule has 1 aliphatic rings. The molecule has 0 atom stereocenters. The van der Waals surface area contributed by atoms with Crippen molar-refractivity contribution in [3.05, 3.63) is 36.1 Å². The first kappa shape index (κ1) is 14.2. The Kier molecular flexibility index (Phi) is 4.11. The van der Waals surface area contributed by atoms with E-state index in [1.54, 1.807) is 19.3 Å². The van der Waals surface area contributed by atoms with E-state index >= 15 is 0 Å². The Morgan fingerprint density at radius 1 is 1.50 bits per heavy atom. The van der Waals surface area contributed by atoms with E-state index in [1.807, 2.05) is 33.8 Å². The highest BCUT2D eigenvalue weighted by molar-refractivity contribution is 6.12. The van der Waals surface area contributed by atoms with Crippen LogP contribution in [0.2, 0.25) is 0 Å². The summed E-state index contributed by atoms with van der Waals surface area (Å²) in [6, 6.07) is 0. The standard InChI is InChI=1S/C14H20N2O2/c1-7-8-11-10(2)9-16(12(11)15-6)13(17)18-14(3,4)5/h7-9H,1H2,2-6H3/b11-8-,15-12?. The molecule has 98 valence electrons. The maximum absolute atomic E-state index is 12.1. The van der Waals surface area contributed by atoms with Crippen molar-refractivity contribution in [1.82, 2.24) is 4.90 Å². The minimum atomic E-state index is -0.525. The zero-order chi connectivity index (χ0) is 13.9. The van der Waals surface area contributed by atoms with Crippen LogP contribution in [0.3, 0.4) is 0 Å². The number of amidine groups is 1. The molecule has 0 saturated heterocycles. The summed E-state index contributed by atoms with van der Waals surface area (Å²) in [6.45, 7) is 11.1. The van der Waals surface area contributed by atoms with Gasteiger partial charge in [-0.2, -0.15) is 0 Å². The quantitative estimate of drug-likeness (QED) is 0.714. The Morgan fingerprint density at radius 3 is 2.56 bits per heavy atom. The number of amides is 1. The molecule has 1 rings (SSSR count). The predicted octanol–water partition coefficient (Wildman–Crippen LogP) is 3.28. The molecule has 0 unspecified atom stereocenters. The lowest BCUT2D eigenvalue weighted by Crippen LogP contribution is -2.35. The number of aliphatic imine (C=N–C) groups is 1. The Bertz CT molecular complexity index is 451. The maximum Gasteiger partial charge on any atom is 0.420 e. The van der Waals surface area contributed by atoms with Gasteiger partial charge in [-0.1, -0.05) is 18.7 Å². The molecule has 0 radical (unpaired) electrons. The summed E-state index contributed by atoms with van der Waals surface area (Å²) in [5, 5.41) is 0. The lowest BCUT2D eigenvalue weighted by molar-refractivity contribution is 0.0429. The fourth-order valence-corrected chi connectivity index (χ4v) is 1.63. The average molecular weight is 248 g/mol. The second kappa shape index (κ2) is 5.21. The second-order valence-electron chi connectivity index (χ2n) is 5.03. The topological polar surface area (TPSA) is 41.9 Å². The first-order chi connectivity index (χ1) is 8.30. The Labute approximate surface area is 108 Å². The van der Waals surface area contributed by atoms with Crippen LogP contribution in [0.4, 0.5) is 4.79 Å². The van der Waals surface area contributed by atoms with Gasteiger partial charge in [0.1, 0.15) is 11.4 Å². The van der Waals surface area contributed by atoms with E-state index in [2.05, 4.69) is 11.6 Å². The van der Waals surface area contributed by atoms with Crippen molar-refractivity contribution in [2.45, 2.75) is 33.3 Å². The first-order valence-corrected chi connectivity index (χ1v) is 5.81. The second-order valence-corrected chi connectivity index (χ2v) is 5.03. The normalized spacial score (nSPS) is 20.3. The molecule has 0 aromatic carbocycles. The highest BCUT2D eigenvalue weighted by Crippen LogP contribution is 2.25. The van der Waals surface area contributed by atoms with Crippen LogP contribution in [0.5, 0.6) is 0 Å². The molecule has 0 bridgehead atoms. The number of carbonyl (C=O) groups is 1. The fraction of sp³-hybridized carbons (Fsp3) is 0.429. The largest absolute Gasteiger partial charge is 0.443 e. The van der Waals surface area contributed by atoms with Gasteiger partial charge in [0.15, 0.2) is 0 Å². The van der Waals surface area contributed by atoms with Crippen molar-refractivity contribution >= 4 is 11.9 Å². The third kappa shape index (κ3) is 3.09. The lowest BCUT2D eigenvalue weighted by atomic mass is 10.1. The first-order valence-electron chi connectivity index (χ1n) is 5.81. The molecule has 4 heteroatoms. The molecule has 1 heterocycles. The predicted molar refractivity (Wildman–Crippen MR) is 73.5 cm³/mol. The molecule has 0 N–H and O–H groups in total. The maximum atomic E-state index is 12.1. The number of hydrogen-bond donors (Lipinski definition) is 0. The minimum Gasteiger partial charge on any atom is -0.443 e. The van der Waals surface area contributed by atoms with E-state index in [9.17, 15) is 4.79 Å². The smallest absolute Gasteiger partial charge is 0.420 e. The summed E-state index contributed by atoms with van der Waals surface area (Å²) in [5.41, 5.74) is 1.32. The van der Waals surface area contributed by atoms with Crippen LogP contribution in [0, 0.1) is 0 Å². The molecule has 0 fully saturated rings. The van der Waals surface area contributed by atoms with E-state index in [0.29, 0.717) is 5.84 Å². The van der Waals surface area contributed by atoms with E-state index < -0.39 is 11.7 Å². The molecule has 0 saturated carbocycles. The van der Waals surface area contributed by atoms with Crippen molar-refractivity contribution in [2.24, 2.45) is 4.99 Å². The monoisotopic (exact) mass is 248 g/mol. The Balaban J connectivity index is 3.02. The zero-order valence-electron chi connectivity index (χ0n) is 11.7. The number of rotatable bonds is 1. The van der Waals surface area contributed by atoms with Gasteiger partial charge in [0.2, 0.25) is 0 Å². The van der Waals surface area contributed by atoms with Crippen molar-refractivity contribution in [3.63, 3.8) is 0 Å². The van der Waals surface area contributed by atoms with Crippen molar-refractivity contribution in [2.75, 3.05) is 7.05 Å². The number of hydrogen-bond acceptors (Lipinski definition) is 3. The molecule has 0 aromatic rings. The third-order valence-corrected chi connectivity index (χ3v) is 2.30. The van der Waals surface area contributed by atoms with Gasteiger partial charge in [-0.15, -0.1) is 0 Å². The number of ether oxygens (including phenoxy) is 1. The van der Waals surface area contributed by atoms with Crippen molar-refractivity contribution < 1.29 is 9.53 Å².